The fraction of sp³-hybridized carbons (Fsp3) is 0.609. The number of oxazole rings is 1. The number of nitrogens with zero attached hydrogens (tertiary/aromatic N) is 2. The molecule has 152 valence electrons. The first-order valence-corrected chi connectivity index (χ1v) is 10.8. The molecule has 5 heteroatoms. The molecular formula is C23H32N2O3. The van der Waals surface area contributed by atoms with Crippen LogP contribution in [0.1, 0.15) is 50.5 Å². The van der Waals surface area contributed by atoms with Crippen molar-refractivity contribution < 1.29 is 13.9 Å². The van der Waals surface area contributed by atoms with Gasteiger partial charge in [-0.25, -0.2) is 4.98 Å². The van der Waals surface area contributed by atoms with Crippen molar-refractivity contribution >= 4 is 0 Å². The summed E-state index contributed by atoms with van der Waals surface area (Å²) in [7, 11) is 0. The zero-order valence-corrected chi connectivity index (χ0v) is 17.2. The van der Waals surface area contributed by atoms with Gasteiger partial charge in [0.15, 0.2) is 0 Å². The summed E-state index contributed by atoms with van der Waals surface area (Å²) in [6, 6.07) is 7.96. The molecule has 1 aromatic carbocycles. The minimum atomic E-state index is 0.366. The van der Waals surface area contributed by atoms with Gasteiger partial charge in [0.1, 0.15) is 11.5 Å². The zero-order chi connectivity index (χ0) is 19.3. The third-order valence-corrected chi connectivity index (χ3v) is 5.91. The van der Waals surface area contributed by atoms with Crippen molar-refractivity contribution in [1.82, 2.24) is 9.88 Å². The summed E-state index contributed by atoms with van der Waals surface area (Å²) in [4.78, 5) is 7.39. The molecule has 1 aliphatic heterocycles. The molecule has 0 radical (unpaired) electrons. The number of rotatable bonds is 9. The van der Waals surface area contributed by atoms with Gasteiger partial charge in [0.25, 0.3) is 0 Å². The summed E-state index contributed by atoms with van der Waals surface area (Å²) < 4.78 is 17.7. The highest BCUT2D eigenvalue weighted by molar-refractivity contribution is 5.63. The minimum Gasteiger partial charge on any atom is -0.493 e. The van der Waals surface area contributed by atoms with E-state index in [1.54, 1.807) is 0 Å². The quantitative estimate of drug-likeness (QED) is 0.620. The van der Waals surface area contributed by atoms with Crippen LogP contribution < -0.4 is 4.74 Å². The third-order valence-electron chi connectivity index (χ3n) is 5.91. The molecule has 0 amide bonds. The van der Waals surface area contributed by atoms with Crippen molar-refractivity contribution in [2.45, 2.75) is 58.6 Å². The van der Waals surface area contributed by atoms with Crippen LogP contribution in [-0.4, -0.2) is 42.3 Å². The lowest BCUT2D eigenvalue weighted by Gasteiger charge is -2.33. The summed E-state index contributed by atoms with van der Waals surface area (Å²) in [5.41, 5.74) is 1.95. The highest BCUT2D eigenvalue weighted by Gasteiger charge is 2.26. The second-order valence-corrected chi connectivity index (χ2v) is 8.08. The maximum atomic E-state index is 6.05. The summed E-state index contributed by atoms with van der Waals surface area (Å²) in [6.07, 6.45) is 6.81. The second kappa shape index (κ2) is 9.10. The first kappa shape index (κ1) is 19.5. The van der Waals surface area contributed by atoms with Gasteiger partial charge in [-0.15, -0.1) is 0 Å². The summed E-state index contributed by atoms with van der Waals surface area (Å²) in [5, 5.41) is 0. The average molecular weight is 385 g/mol. The SMILES string of the molecule is CCOc1ccccc1-c1nc(CN(CC2CCC2)CC2CCCO2)c(C)o1. The molecule has 0 bridgehead atoms. The first-order valence-electron chi connectivity index (χ1n) is 10.8. The highest BCUT2D eigenvalue weighted by Crippen LogP contribution is 2.32. The summed E-state index contributed by atoms with van der Waals surface area (Å²) >= 11 is 0. The second-order valence-electron chi connectivity index (χ2n) is 8.08. The fourth-order valence-electron chi connectivity index (χ4n) is 4.15. The molecule has 0 spiro atoms. The number of para-hydroxylation sites is 1. The lowest BCUT2D eigenvalue weighted by molar-refractivity contribution is 0.0574. The van der Waals surface area contributed by atoms with E-state index >= 15 is 0 Å². The van der Waals surface area contributed by atoms with Crippen molar-refractivity contribution in [3.63, 3.8) is 0 Å². The number of aryl methyl sites for hydroxylation is 1. The predicted octanol–water partition coefficient (Wildman–Crippen LogP) is 4.83. The average Bonchev–Trinajstić information content (AvgIpc) is 3.29. The van der Waals surface area contributed by atoms with Crippen LogP contribution in [0, 0.1) is 12.8 Å². The van der Waals surface area contributed by atoms with Crippen LogP contribution >= 0.6 is 0 Å². The Morgan fingerprint density at radius 2 is 2.00 bits per heavy atom. The van der Waals surface area contributed by atoms with E-state index < -0.39 is 0 Å². The van der Waals surface area contributed by atoms with Gasteiger partial charge in [-0.1, -0.05) is 18.6 Å². The molecule has 4 rings (SSSR count). The Morgan fingerprint density at radius 3 is 2.71 bits per heavy atom. The number of benzene rings is 1. The molecular weight excluding hydrogens is 352 g/mol. The van der Waals surface area contributed by atoms with Crippen molar-refractivity contribution in [3.8, 4) is 17.2 Å². The maximum absolute atomic E-state index is 6.05. The molecule has 0 N–H and O–H groups in total. The van der Waals surface area contributed by atoms with Gasteiger partial charge < -0.3 is 13.9 Å². The van der Waals surface area contributed by atoms with Gasteiger partial charge >= 0.3 is 0 Å². The van der Waals surface area contributed by atoms with E-state index in [0.717, 1.165) is 54.9 Å². The predicted molar refractivity (Wildman–Crippen MR) is 109 cm³/mol. The lowest BCUT2D eigenvalue weighted by Crippen LogP contribution is -2.37. The Labute approximate surface area is 168 Å². The van der Waals surface area contributed by atoms with Gasteiger partial charge in [0, 0.05) is 26.2 Å². The van der Waals surface area contributed by atoms with Gasteiger partial charge in [-0.3, -0.25) is 4.90 Å². The van der Waals surface area contributed by atoms with E-state index in [4.69, 9.17) is 18.9 Å². The van der Waals surface area contributed by atoms with E-state index in [-0.39, 0.29) is 0 Å². The van der Waals surface area contributed by atoms with E-state index in [0.29, 0.717) is 18.6 Å². The number of hydrogen-bond donors (Lipinski definition) is 0. The first-order chi connectivity index (χ1) is 13.7. The van der Waals surface area contributed by atoms with Gasteiger partial charge in [0.05, 0.1) is 24.0 Å². The van der Waals surface area contributed by atoms with Crippen molar-refractivity contribution in [2.75, 3.05) is 26.3 Å². The van der Waals surface area contributed by atoms with Crippen molar-refractivity contribution in [3.05, 3.63) is 35.7 Å². The van der Waals surface area contributed by atoms with Gasteiger partial charge in [0.2, 0.25) is 5.89 Å². The Balaban J connectivity index is 1.50. The van der Waals surface area contributed by atoms with Crippen LogP contribution in [0.15, 0.2) is 28.7 Å². The summed E-state index contributed by atoms with van der Waals surface area (Å²) in [6.45, 7) is 8.49. The fourth-order valence-corrected chi connectivity index (χ4v) is 4.15. The lowest BCUT2D eigenvalue weighted by atomic mass is 9.85. The van der Waals surface area contributed by atoms with Crippen LogP contribution in [0.2, 0.25) is 0 Å². The molecule has 2 heterocycles. The molecule has 1 saturated heterocycles. The maximum Gasteiger partial charge on any atom is 0.230 e. The molecule has 28 heavy (non-hydrogen) atoms. The van der Waals surface area contributed by atoms with Crippen LogP contribution in [0.4, 0.5) is 0 Å². The normalized spacial score (nSPS) is 19.9. The molecule has 1 aromatic heterocycles. The van der Waals surface area contributed by atoms with Crippen LogP contribution in [0.5, 0.6) is 5.75 Å². The van der Waals surface area contributed by atoms with E-state index in [1.165, 1.54) is 32.1 Å². The molecule has 1 aliphatic carbocycles. The molecule has 1 unspecified atom stereocenters. The van der Waals surface area contributed by atoms with Crippen LogP contribution in [-0.2, 0) is 11.3 Å². The Bertz CT molecular complexity index is 763. The highest BCUT2D eigenvalue weighted by atomic mass is 16.5. The zero-order valence-electron chi connectivity index (χ0n) is 17.2. The van der Waals surface area contributed by atoms with Crippen molar-refractivity contribution in [1.29, 1.82) is 0 Å². The molecule has 1 atom stereocenters. The smallest absolute Gasteiger partial charge is 0.230 e. The number of hydrogen-bond acceptors (Lipinski definition) is 5. The van der Waals surface area contributed by atoms with Crippen molar-refractivity contribution in [2.24, 2.45) is 5.92 Å². The van der Waals surface area contributed by atoms with E-state index in [9.17, 15) is 0 Å². The minimum absolute atomic E-state index is 0.366. The number of ether oxygens (including phenoxy) is 2. The van der Waals surface area contributed by atoms with E-state index in [1.807, 2.05) is 38.1 Å². The van der Waals surface area contributed by atoms with Gasteiger partial charge in [-0.2, -0.15) is 0 Å². The molecule has 2 aliphatic rings. The number of aromatic nitrogens is 1. The van der Waals surface area contributed by atoms with Crippen LogP contribution in [0.25, 0.3) is 11.5 Å². The molecule has 1 saturated carbocycles. The largest absolute Gasteiger partial charge is 0.493 e. The van der Waals surface area contributed by atoms with E-state index in [2.05, 4.69) is 4.90 Å². The monoisotopic (exact) mass is 384 g/mol. The Kier molecular flexibility index (Phi) is 6.33. The van der Waals surface area contributed by atoms with Crippen LogP contribution in [0.3, 0.4) is 0 Å². The molecule has 2 aromatic rings. The summed E-state index contributed by atoms with van der Waals surface area (Å²) in [5.74, 6) is 3.19. The molecule has 2 fully saturated rings. The van der Waals surface area contributed by atoms with Gasteiger partial charge in [-0.05, 0) is 57.6 Å². The Hall–Kier alpha value is -1.85. The molecule has 5 nitrogen and oxygen atoms in total. The topological polar surface area (TPSA) is 47.7 Å². The third kappa shape index (κ3) is 4.58. The standard InChI is InChI=1S/C23H32N2O3/c1-3-26-22-12-5-4-11-20(22)23-24-21(17(2)28-23)16-25(14-18-8-6-9-18)15-19-10-7-13-27-19/h4-5,11-12,18-19H,3,6-10,13-16H2,1-2H3. The Morgan fingerprint density at radius 1 is 1.14 bits per heavy atom.